The molecule has 62 valence electrons. The van der Waals surface area contributed by atoms with Crippen molar-refractivity contribution < 1.29 is 4.42 Å². The average molecular weight is 239 g/mol. The van der Waals surface area contributed by atoms with E-state index in [0.717, 1.165) is 0 Å². The molecule has 0 amide bonds. The summed E-state index contributed by atoms with van der Waals surface area (Å²) in [6, 6.07) is 0. The minimum Gasteiger partial charge on any atom is -0.434 e. The van der Waals surface area contributed by atoms with Crippen molar-refractivity contribution in [3.05, 3.63) is 15.7 Å². The molecule has 1 aromatic heterocycles. The van der Waals surface area contributed by atoms with Crippen LogP contribution in [0.2, 0.25) is 5.15 Å². The van der Waals surface area contributed by atoms with Gasteiger partial charge in [-0.15, -0.1) is 0 Å². The van der Waals surface area contributed by atoms with E-state index in [2.05, 4.69) is 20.9 Å². The third-order valence-electron chi connectivity index (χ3n) is 1.24. The summed E-state index contributed by atoms with van der Waals surface area (Å²) in [6.07, 6.45) is 0. The molecule has 0 radical (unpaired) electrons. The monoisotopic (exact) mass is 237 g/mol. The summed E-state index contributed by atoms with van der Waals surface area (Å²) in [6.45, 7) is 6.06. The minimum atomic E-state index is -0.0872. The minimum absolute atomic E-state index is 0.0872. The van der Waals surface area contributed by atoms with Crippen molar-refractivity contribution in [3.8, 4) is 0 Å². The van der Waals surface area contributed by atoms with Gasteiger partial charge in [0.2, 0.25) is 0 Å². The SMILES string of the molecule is CC(C)(C)c1oc(Br)nc1Cl. The zero-order valence-electron chi connectivity index (χ0n) is 6.61. The van der Waals surface area contributed by atoms with Gasteiger partial charge < -0.3 is 4.42 Å². The fourth-order valence-electron chi connectivity index (χ4n) is 0.740. The Kier molecular flexibility index (Phi) is 2.30. The van der Waals surface area contributed by atoms with E-state index in [1.807, 2.05) is 20.8 Å². The van der Waals surface area contributed by atoms with Crippen molar-refractivity contribution in [2.75, 3.05) is 0 Å². The largest absolute Gasteiger partial charge is 0.434 e. The molecule has 0 unspecified atom stereocenters. The van der Waals surface area contributed by atoms with Gasteiger partial charge in [0, 0.05) is 21.3 Å². The van der Waals surface area contributed by atoms with Crippen LogP contribution in [0.15, 0.2) is 9.22 Å². The second kappa shape index (κ2) is 2.79. The van der Waals surface area contributed by atoms with Crippen molar-refractivity contribution in [3.63, 3.8) is 0 Å². The molecule has 0 fully saturated rings. The molecule has 1 heterocycles. The van der Waals surface area contributed by atoms with Gasteiger partial charge in [0.25, 0.3) is 4.80 Å². The van der Waals surface area contributed by atoms with Crippen LogP contribution in [0, 0.1) is 0 Å². The highest BCUT2D eigenvalue weighted by atomic mass is 79.9. The van der Waals surface area contributed by atoms with Gasteiger partial charge in [-0.1, -0.05) is 32.4 Å². The molecule has 4 heteroatoms. The number of hydrogen-bond donors (Lipinski definition) is 0. The lowest BCUT2D eigenvalue weighted by Crippen LogP contribution is -2.10. The Morgan fingerprint density at radius 1 is 1.45 bits per heavy atom. The Morgan fingerprint density at radius 3 is 2.18 bits per heavy atom. The highest BCUT2D eigenvalue weighted by Gasteiger charge is 2.23. The van der Waals surface area contributed by atoms with Crippen molar-refractivity contribution in [2.45, 2.75) is 26.2 Å². The smallest absolute Gasteiger partial charge is 0.265 e. The molecular formula is C7H9BrClNO. The second-order valence-corrected chi connectivity index (χ2v) is 4.37. The van der Waals surface area contributed by atoms with Crippen LogP contribution < -0.4 is 0 Å². The van der Waals surface area contributed by atoms with Gasteiger partial charge in [0.05, 0.1) is 0 Å². The Labute approximate surface area is 79.1 Å². The van der Waals surface area contributed by atoms with Crippen molar-refractivity contribution in [1.29, 1.82) is 0 Å². The van der Waals surface area contributed by atoms with E-state index in [1.54, 1.807) is 0 Å². The van der Waals surface area contributed by atoms with E-state index in [-0.39, 0.29) is 5.41 Å². The number of nitrogens with zero attached hydrogens (tertiary/aromatic N) is 1. The maximum atomic E-state index is 5.79. The molecule has 0 aliphatic rings. The van der Waals surface area contributed by atoms with Gasteiger partial charge in [0.1, 0.15) is 5.76 Å². The number of halogens is 2. The molecule has 0 aromatic carbocycles. The van der Waals surface area contributed by atoms with Gasteiger partial charge in [-0.25, -0.2) is 0 Å². The standard InChI is InChI=1S/C7H9BrClNO/c1-7(2,3)4-5(9)10-6(8)11-4/h1-3H3. The highest BCUT2D eigenvalue weighted by Crippen LogP contribution is 2.31. The third kappa shape index (κ3) is 1.97. The molecule has 0 bridgehead atoms. The normalized spacial score (nSPS) is 12.1. The Morgan fingerprint density at radius 2 is 2.00 bits per heavy atom. The number of oxazole rings is 1. The molecule has 0 aliphatic carbocycles. The van der Waals surface area contributed by atoms with Crippen molar-refractivity contribution in [2.24, 2.45) is 0 Å². The fraction of sp³-hybridized carbons (Fsp3) is 0.571. The Balaban J connectivity index is 3.13. The maximum Gasteiger partial charge on any atom is 0.265 e. The van der Waals surface area contributed by atoms with Crippen LogP contribution >= 0.6 is 27.5 Å². The lowest BCUT2D eigenvalue weighted by atomic mass is 9.94. The topological polar surface area (TPSA) is 26.0 Å². The van der Waals surface area contributed by atoms with E-state index < -0.39 is 0 Å². The average Bonchev–Trinajstić information content (AvgIpc) is 2.08. The van der Waals surface area contributed by atoms with Crippen LogP contribution in [0.5, 0.6) is 0 Å². The number of rotatable bonds is 0. The van der Waals surface area contributed by atoms with Crippen molar-refractivity contribution in [1.82, 2.24) is 4.98 Å². The highest BCUT2D eigenvalue weighted by molar-refractivity contribution is 9.10. The van der Waals surface area contributed by atoms with Crippen LogP contribution in [0.4, 0.5) is 0 Å². The van der Waals surface area contributed by atoms with E-state index in [0.29, 0.717) is 15.7 Å². The molecule has 0 spiro atoms. The third-order valence-corrected chi connectivity index (χ3v) is 1.84. The first-order valence-corrected chi connectivity index (χ1v) is 4.40. The van der Waals surface area contributed by atoms with E-state index in [9.17, 15) is 0 Å². The fourth-order valence-corrected chi connectivity index (χ4v) is 1.58. The molecule has 2 nitrogen and oxygen atoms in total. The van der Waals surface area contributed by atoms with Crippen LogP contribution in [0.1, 0.15) is 26.5 Å². The first-order valence-electron chi connectivity index (χ1n) is 3.23. The summed E-state index contributed by atoms with van der Waals surface area (Å²) in [5, 5.41) is 0.435. The zero-order chi connectivity index (χ0) is 8.65. The van der Waals surface area contributed by atoms with E-state index >= 15 is 0 Å². The second-order valence-electron chi connectivity index (χ2n) is 3.34. The summed E-state index contributed by atoms with van der Waals surface area (Å²) >= 11 is 8.91. The Bertz CT molecular complexity index is 264. The predicted molar refractivity (Wildman–Crippen MR) is 47.9 cm³/mol. The van der Waals surface area contributed by atoms with E-state index in [4.69, 9.17) is 16.0 Å². The summed E-state index contributed by atoms with van der Waals surface area (Å²) in [7, 11) is 0. The van der Waals surface area contributed by atoms with Crippen LogP contribution in [-0.2, 0) is 5.41 Å². The van der Waals surface area contributed by atoms with Crippen LogP contribution in [0.25, 0.3) is 0 Å². The van der Waals surface area contributed by atoms with Gasteiger partial charge in [-0.05, 0) is 0 Å². The first-order chi connectivity index (χ1) is 4.91. The summed E-state index contributed by atoms with van der Waals surface area (Å²) in [4.78, 5) is 4.33. The van der Waals surface area contributed by atoms with Crippen LogP contribution in [0.3, 0.4) is 0 Å². The molecule has 1 rings (SSSR count). The number of hydrogen-bond acceptors (Lipinski definition) is 2. The molecule has 0 aliphatic heterocycles. The van der Waals surface area contributed by atoms with Gasteiger partial charge in [-0.2, -0.15) is 4.98 Å². The van der Waals surface area contributed by atoms with E-state index in [1.165, 1.54) is 0 Å². The van der Waals surface area contributed by atoms with Crippen LogP contribution in [-0.4, -0.2) is 4.98 Å². The Hall–Kier alpha value is -0.0200. The van der Waals surface area contributed by atoms with Gasteiger partial charge in [0.15, 0.2) is 5.15 Å². The molecule has 11 heavy (non-hydrogen) atoms. The molecular weight excluding hydrogens is 229 g/mol. The first kappa shape index (κ1) is 9.07. The molecule has 0 saturated heterocycles. The summed E-state index contributed by atoms with van der Waals surface area (Å²) < 4.78 is 5.25. The van der Waals surface area contributed by atoms with Gasteiger partial charge >= 0.3 is 0 Å². The summed E-state index contributed by atoms with van der Waals surface area (Å²) in [5.74, 6) is 0.714. The molecule has 0 saturated carbocycles. The summed E-state index contributed by atoms with van der Waals surface area (Å²) in [5.41, 5.74) is -0.0872. The van der Waals surface area contributed by atoms with Gasteiger partial charge in [-0.3, -0.25) is 0 Å². The molecule has 1 aromatic rings. The molecule has 0 N–H and O–H groups in total. The zero-order valence-corrected chi connectivity index (χ0v) is 8.95. The lowest BCUT2D eigenvalue weighted by Gasteiger charge is -2.13. The maximum absolute atomic E-state index is 5.79. The lowest BCUT2D eigenvalue weighted by molar-refractivity contribution is 0.394. The quantitative estimate of drug-likeness (QED) is 0.692. The molecule has 0 atom stereocenters. The van der Waals surface area contributed by atoms with Crippen molar-refractivity contribution >= 4 is 27.5 Å². The predicted octanol–water partition coefficient (Wildman–Crippen LogP) is 3.39. The number of aromatic nitrogens is 1.